The van der Waals surface area contributed by atoms with Crippen molar-refractivity contribution in [2.75, 3.05) is 20.3 Å². The minimum absolute atomic E-state index is 0.118. The van der Waals surface area contributed by atoms with Crippen molar-refractivity contribution in [2.24, 2.45) is 5.92 Å². The number of carboxylic acid groups (broad SMARTS) is 1. The number of aliphatic carboxylic acids is 1. The van der Waals surface area contributed by atoms with Crippen molar-refractivity contribution in [3.63, 3.8) is 0 Å². The first-order valence-electron chi connectivity index (χ1n) is 7.87. The minimum Gasteiger partial charge on any atom is -0.497 e. The van der Waals surface area contributed by atoms with E-state index in [2.05, 4.69) is 10.6 Å². The first-order chi connectivity index (χ1) is 11.8. The Morgan fingerprint density at radius 3 is 2.44 bits per heavy atom. The molecular weight excluding hydrogens is 328 g/mol. The Morgan fingerprint density at radius 1 is 1.16 bits per heavy atom. The van der Waals surface area contributed by atoms with Crippen LogP contribution in [0.3, 0.4) is 0 Å². The molecule has 1 rings (SSSR count). The molecule has 1 atom stereocenters. The normalized spacial score (nSPS) is 11.5. The van der Waals surface area contributed by atoms with Gasteiger partial charge >= 0.3 is 5.97 Å². The van der Waals surface area contributed by atoms with Gasteiger partial charge in [-0.2, -0.15) is 0 Å². The van der Waals surface area contributed by atoms with Gasteiger partial charge in [-0.15, -0.1) is 0 Å². The molecule has 25 heavy (non-hydrogen) atoms. The Balaban J connectivity index is 2.37. The van der Waals surface area contributed by atoms with Crippen LogP contribution in [0.1, 0.15) is 20.3 Å². The smallest absolute Gasteiger partial charge is 0.326 e. The Bertz CT molecular complexity index is 603. The van der Waals surface area contributed by atoms with E-state index in [1.807, 2.05) is 13.8 Å². The molecule has 8 heteroatoms. The fraction of sp³-hybridized carbons (Fsp3) is 0.471. The maximum Gasteiger partial charge on any atom is 0.326 e. The van der Waals surface area contributed by atoms with E-state index in [-0.39, 0.29) is 19.1 Å². The van der Waals surface area contributed by atoms with Crippen LogP contribution < -0.4 is 20.1 Å². The van der Waals surface area contributed by atoms with Crippen LogP contribution in [0.15, 0.2) is 24.3 Å². The van der Waals surface area contributed by atoms with Gasteiger partial charge in [0, 0.05) is 6.07 Å². The van der Waals surface area contributed by atoms with Crippen LogP contribution in [0.25, 0.3) is 0 Å². The summed E-state index contributed by atoms with van der Waals surface area (Å²) in [5.74, 6) is -0.984. The molecule has 0 bridgehead atoms. The molecule has 8 nitrogen and oxygen atoms in total. The van der Waals surface area contributed by atoms with E-state index < -0.39 is 23.8 Å². The molecular formula is C17H24N2O6. The number of ether oxygens (including phenoxy) is 2. The highest BCUT2D eigenvalue weighted by Crippen LogP contribution is 2.18. The number of nitrogens with one attached hydrogen (secondary N) is 2. The van der Waals surface area contributed by atoms with E-state index in [1.165, 1.54) is 7.11 Å². The van der Waals surface area contributed by atoms with Gasteiger partial charge in [-0.05, 0) is 24.5 Å². The zero-order valence-electron chi connectivity index (χ0n) is 14.6. The zero-order chi connectivity index (χ0) is 18.8. The Kier molecular flexibility index (Phi) is 8.25. The third kappa shape index (κ3) is 8.05. The lowest BCUT2D eigenvalue weighted by Gasteiger charge is -2.16. The lowest BCUT2D eigenvalue weighted by Crippen LogP contribution is -2.46. The summed E-state index contributed by atoms with van der Waals surface area (Å²) in [6.45, 7) is 3.14. The number of methoxy groups -OCH3 is 1. The number of hydrogen-bond acceptors (Lipinski definition) is 5. The lowest BCUT2D eigenvalue weighted by atomic mass is 10.0. The third-order valence-electron chi connectivity index (χ3n) is 3.20. The van der Waals surface area contributed by atoms with Gasteiger partial charge in [0.05, 0.1) is 13.7 Å². The van der Waals surface area contributed by atoms with Crippen LogP contribution in [0, 0.1) is 5.92 Å². The Hall–Kier alpha value is -2.77. The molecule has 3 N–H and O–H groups in total. The largest absolute Gasteiger partial charge is 0.497 e. The number of carbonyl (C=O) groups excluding carboxylic acids is 2. The Labute approximate surface area is 146 Å². The van der Waals surface area contributed by atoms with Crippen LogP contribution in [0.4, 0.5) is 0 Å². The predicted octanol–water partition coefficient (Wildman–Crippen LogP) is 0.806. The van der Waals surface area contributed by atoms with Gasteiger partial charge in [0.15, 0.2) is 6.61 Å². The van der Waals surface area contributed by atoms with Gasteiger partial charge in [-0.25, -0.2) is 4.79 Å². The number of carboxylic acids is 1. The highest BCUT2D eigenvalue weighted by molar-refractivity contribution is 5.88. The summed E-state index contributed by atoms with van der Waals surface area (Å²) in [5.41, 5.74) is 0. The molecule has 0 radical (unpaired) electrons. The zero-order valence-corrected chi connectivity index (χ0v) is 14.6. The summed E-state index contributed by atoms with van der Waals surface area (Å²) in [6, 6.07) is 5.79. The van der Waals surface area contributed by atoms with Gasteiger partial charge in [0.1, 0.15) is 17.5 Å². The average molecular weight is 352 g/mol. The van der Waals surface area contributed by atoms with E-state index >= 15 is 0 Å². The topological polar surface area (TPSA) is 114 Å². The molecule has 0 aromatic heterocycles. The van der Waals surface area contributed by atoms with Crippen molar-refractivity contribution < 1.29 is 29.0 Å². The summed E-state index contributed by atoms with van der Waals surface area (Å²) in [7, 11) is 1.52. The average Bonchev–Trinajstić information content (AvgIpc) is 2.57. The van der Waals surface area contributed by atoms with E-state index in [1.54, 1.807) is 24.3 Å². The van der Waals surface area contributed by atoms with E-state index in [9.17, 15) is 14.4 Å². The van der Waals surface area contributed by atoms with Crippen molar-refractivity contribution in [3.8, 4) is 11.5 Å². The maximum atomic E-state index is 11.8. The molecule has 0 aliphatic carbocycles. The van der Waals surface area contributed by atoms with Crippen molar-refractivity contribution in [2.45, 2.75) is 26.3 Å². The second-order valence-electron chi connectivity index (χ2n) is 5.83. The molecule has 0 saturated carbocycles. The lowest BCUT2D eigenvalue weighted by molar-refractivity contribution is -0.142. The monoisotopic (exact) mass is 352 g/mol. The summed E-state index contributed by atoms with van der Waals surface area (Å²) >= 11 is 0. The fourth-order valence-electron chi connectivity index (χ4n) is 2.01. The van der Waals surface area contributed by atoms with E-state index in [4.69, 9.17) is 14.6 Å². The van der Waals surface area contributed by atoms with Crippen molar-refractivity contribution >= 4 is 17.8 Å². The number of carbonyl (C=O) groups is 3. The molecule has 1 aromatic carbocycles. The predicted molar refractivity (Wildman–Crippen MR) is 90.5 cm³/mol. The van der Waals surface area contributed by atoms with Crippen molar-refractivity contribution in [1.29, 1.82) is 0 Å². The second kappa shape index (κ2) is 10.2. The fourth-order valence-corrected chi connectivity index (χ4v) is 2.01. The summed E-state index contributed by atoms with van der Waals surface area (Å²) in [5, 5.41) is 13.8. The van der Waals surface area contributed by atoms with Crippen molar-refractivity contribution in [1.82, 2.24) is 10.6 Å². The number of rotatable bonds is 10. The molecule has 2 amide bonds. The standard InChI is InChI=1S/C17H24N2O6/c1-11(2)7-14(17(22)23)19-15(20)9-18-16(21)10-25-13-6-4-5-12(8-13)24-3/h4-6,8,11,14H,7,9-10H2,1-3H3,(H,18,21)(H,19,20)(H,22,23)/t14-/m0/s1. The van der Waals surface area contributed by atoms with E-state index in [0.29, 0.717) is 17.9 Å². The number of amides is 2. The van der Waals surface area contributed by atoms with E-state index in [0.717, 1.165) is 0 Å². The highest BCUT2D eigenvalue weighted by atomic mass is 16.5. The molecule has 138 valence electrons. The molecule has 0 aliphatic heterocycles. The highest BCUT2D eigenvalue weighted by Gasteiger charge is 2.21. The van der Waals surface area contributed by atoms with Gasteiger partial charge in [-0.3, -0.25) is 9.59 Å². The number of hydrogen-bond donors (Lipinski definition) is 3. The van der Waals surface area contributed by atoms with Gasteiger partial charge in [0.2, 0.25) is 5.91 Å². The minimum atomic E-state index is -1.10. The summed E-state index contributed by atoms with van der Waals surface area (Å²) < 4.78 is 10.3. The Morgan fingerprint density at radius 2 is 1.84 bits per heavy atom. The van der Waals surface area contributed by atoms with Gasteiger partial charge in [0.25, 0.3) is 5.91 Å². The second-order valence-corrected chi connectivity index (χ2v) is 5.83. The maximum absolute atomic E-state index is 11.8. The van der Waals surface area contributed by atoms with Crippen LogP contribution in [-0.2, 0) is 14.4 Å². The molecule has 1 aromatic rings. The van der Waals surface area contributed by atoms with Crippen LogP contribution in [0.5, 0.6) is 11.5 Å². The molecule has 0 saturated heterocycles. The molecule has 0 unspecified atom stereocenters. The SMILES string of the molecule is COc1cccc(OCC(=O)NCC(=O)N[C@@H](CC(C)C)C(=O)O)c1. The van der Waals surface area contributed by atoms with Crippen LogP contribution in [0.2, 0.25) is 0 Å². The summed E-state index contributed by atoms with van der Waals surface area (Å²) in [4.78, 5) is 34.6. The molecule has 0 aliphatic rings. The quantitative estimate of drug-likeness (QED) is 0.574. The third-order valence-corrected chi connectivity index (χ3v) is 3.20. The van der Waals surface area contributed by atoms with Gasteiger partial charge in [-0.1, -0.05) is 19.9 Å². The summed E-state index contributed by atoms with van der Waals surface area (Å²) in [6.07, 6.45) is 0.313. The van der Waals surface area contributed by atoms with Crippen LogP contribution >= 0.6 is 0 Å². The van der Waals surface area contributed by atoms with Crippen LogP contribution in [-0.4, -0.2) is 49.2 Å². The first kappa shape index (κ1) is 20.3. The molecule has 0 spiro atoms. The van der Waals surface area contributed by atoms with Gasteiger partial charge < -0.3 is 25.2 Å². The number of benzene rings is 1. The molecule has 0 fully saturated rings. The molecule has 0 heterocycles. The van der Waals surface area contributed by atoms with Crippen molar-refractivity contribution in [3.05, 3.63) is 24.3 Å². The first-order valence-corrected chi connectivity index (χ1v) is 7.87.